The van der Waals surface area contributed by atoms with Crippen molar-refractivity contribution < 1.29 is 4.79 Å². The van der Waals surface area contributed by atoms with E-state index in [0.29, 0.717) is 18.0 Å². The second-order valence-corrected chi connectivity index (χ2v) is 6.32. The van der Waals surface area contributed by atoms with Crippen LogP contribution in [0.4, 0.5) is 0 Å². The Balaban J connectivity index is 1.82. The van der Waals surface area contributed by atoms with Crippen LogP contribution in [0.25, 0.3) is 0 Å². The molecule has 0 aromatic heterocycles. The van der Waals surface area contributed by atoms with Crippen LogP contribution in [0, 0.1) is 0 Å². The average Bonchev–Trinajstić information content (AvgIpc) is 2.96. The van der Waals surface area contributed by atoms with Crippen LogP contribution in [0.1, 0.15) is 33.8 Å². The highest BCUT2D eigenvalue weighted by Crippen LogP contribution is 2.47. The van der Waals surface area contributed by atoms with Crippen LogP contribution < -0.4 is 0 Å². The average molecular weight is 311 g/mol. The first-order chi connectivity index (χ1) is 10.7. The summed E-state index contributed by atoms with van der Waals surface area (Å²) in [5.41, 5.74) is 2.09. The van der Waals surface area contributed by atoms with Gasteiger partial charge in [0.1, 0.15) is 0 Å². The smallest absolute Gasteiger partial charge is 0.193 e. The summed E-state index contributed by atoms with van der Waals surface area (Å²) in [5.74, 6) is 0.0163. The summed E-state index contributed by atoms with van der Waals surface area (Å²) >= 11 is 6.36. The number of carbonyl (C=O) groups excluding carboxylic acids is 1. The van der Waals surface area contributed by atoms with Crippen molar-refractivity contribution in [3.63, 3.8) is 0 Å². The zero-order valence-electron chi connectivity index (χ0n) is 12.0. The zero-order chi connectivity index (χ0) is 15.2. The number of nitrogens with zero attached hydrogens (tertiary/aromatic N) is 2. The Morgan fingerprint density at radius 1 is 1.09 bits per heavy atom. The molecule has 0 amide bonds. The number of benzene rings is 2. The molecule has 2 aromatic carbocycles. The Morgan fingerprint density at radius 2 is 1.86 bits per heavy atom. The minimum absolute atomic E-state index is 0.0675. The van der Waals surface area contributed by atoms with Crippen LogP contribution in [0.5, 0.6) is 0 Å². The third-order valence-electron chi connectivity index (χ3n) is 4.80. The molecule has 0 saturated heterocycles. The quantitative estimate of drug-likeness (QED) is 0.767. The number of fused-ring (bicyclic) bond motifs is 1. The summed E-state index contributed by atoms with van der Waals surface area (Å²) in [7, 11) is 0. The molecule has 1 spiro atoms. The summed E-state index contributed by atoms with van der Waals surface area (Å²) < 4.78 is 0. The van der Waals surface area contributed by atoms with Crippen molar-refractivity contribution in [2.45, 2.75) is 24.3 Å². The summed E-state index contributed by atoms with van der Waals surface area (Å²) in [6.45, 7) is 0.525. The van der Waals surface area contributed by atoms with Gasteiger partial charge in [-0.15, -0.1) is 0 Å². The van der Waals surface area contributed by atoms with E-state index in [-0.39, 0.29) is 11.7 Å². The molecule has 0 radical (unpaired) electrons. The molecule has 2 aliphatic rings. The first-order valence-electron chi connectivity index (χ1n) is 7.48. The van der Waals surface area contributed by atoms with Crippen molar-refractivity contribution in [3.05, 3.63) is 70.2 Å². The summed E-state index contributed by atoms with van der Waals surface area (Å²) in [4.78, 5) is 13.1. The number of rotatable bonds is 1. The van der Waals surface area contributed by atoms with Crippen LogP contribution in [-0.4, -0.2) is 17.9 Å². The highest BCUT2D eigenvalue weighted by Gasteiger charge is 2.52. The third-order valence-corrected chi connectivity index (χ3v) is 5.15. The van der Waals surface area contributed by atoms with Crippen molar-refractivity contribution in [2.24, 2.45) is 10.2 Å². The van der Waals surface area contributed by atoms with Gasteiger partial charge in [0.25, 0.3) is 0 Å². The Labute approximate surface area is 134 Å². The van der Waals surface area contributed by atoms with Gasteiger partial charge in [-0.25, -0.2) is 0 Å². The Kier molecular flexibility index (Phi) is 3.12. The monoisotopic (exact) mass is 310 g/mol. The molecule has 1 aliphatic carbocycles. The predicted octanol–water partition coefficient (Wildman–Crippen LogP) is 4.46. The Morgan fingerprint density at radius 3 is 2.73 bits per heavy atom. The summed E-state index contributed by atoms with van der Waals surface area (Å²) in [6.07, 6.45) is 1.55. The number of halogens is 1. The number of aryl methyl sites for hydroxylation is 1. The maximum Gasteiger partial charge on any atom is 0.193 e. The Hall–Kier alpha value is -2.00. The van der Waals surface area contributed by atoms with E-state index in [4.69, 9.17) is 11.6 Å². The van der Waals surface area contributed by atoms with Gasteiger partial charge in [0.15, 0.2) is 11.3 Å². The van der Waals surface area contributed by atoms with Gasteiger partial charge in [-0.05, 0) is 30.0 Å². The van der Waals surface area contributed by atoms with Crippen molar-refractivity contribution >= 4 is 17.4 Å². The maximum absolute atomic E-state index is 13.1. The topological polar surface area (TPSA) is 41.8 Å². The van der Waals surface area contributed by atoms with Crippen molar-refractivity contribution in [1.29, 1.82) is 0 Å². The van der Waals surface area contributed by atoms with E-state index in [9.17, 15) is 4.79 Å². The first kappa shape index (κ1) is 13.6. The fraction of sp³-hybridized carbons (Fsp3) is 0.278. The number of carbonyl (C=O) groups is 1. The fourth-order valence-electron chi connectivity index (χ4n) is 3.64. The van der Waals surface area contributed by atoms with Gasteiger partial charge in [0.05, 0.1) is 6.54 Å². The summed E-state index contributed by atoms with van der Waals surface area (Å²) in [6, 6.07) is 15.5. The summed E-state index contributed by atoms with van der Waals surface area (Å²) in [5, 5.41) is 9.34. The molecule has 2 aromatic rings. The zero-order valence-corrected chi connectivity index (χ0v) is 12.8. The van der Waals surface area contributed by atoms with Crippen molar-refractivity contribution in [2.75, 3.05) is 6.54 Å². The molecule has 22 heavy (non-hydrogen) atoms. The molecule has 3 nitrogen and oxygen atoms in total. The second kappa shape index (κ2) is 5.03. The normalized spacial score (nSPS) is 26.4. The standard InChI is InChI=1S/C18H15ClN2O/c19-16-8-4-3-7-14(16)15-11-20-21-18(15)10-9-12-5-1-2-6-13(12)17(18)22/h1-8,15H,9-11H2/t15-,18+/m0/s1. The molecule has 0 fully saturated rings. The van der Waals surface area contributed by atoms with E-state index < -0.39 is 5.54 Å². The molecule has 4 rings (SSSR count). The number of hydrogen-bond donors (Lipinski definition) is 0. The molecule has 2 atom stereocenters. The van der Waals surface area contributed by atoms with E-state index in [2.05, 4.69) is 10.2 Å². The molecular weight excluding hydrogens is 296 g/mol. The van der Waals surface area contributed by atoms with Crippen molar-refractivity contribution in [1.82, 2.24) is 0 Å². The van der Waals surface area contributed by atoms with Crippen LogP contribution >= 0.6 is 11.6 Å². The largest absolute Gasteiger partial charge is 0.291 e. The number of Topliss-reactive ketones (excluding diaryl/α,β-unsaturated/α-hetero) is 1. The SMILES string of the molecule is O=C1c2ccccc2CC[C@]12N=NC[C@H]2c1ccccc1Cl. The lowest BCUT2D eigenvalue weighted by Gasteiger charge is -2.35. The van der Waals surface area contributed by atoms with E-state index in [1.165, 1.54) is 0 Å². The first-order valence-corrected chi connectivity index (χ1v) is 7.86. The fourth-order valence-corrected chi connectivity index (χ4v) is 3.91. The number of ketones is 1. The van der Waals surface area contributed by atoms with Crippen LogP contribution in [0.2, 0.25) is 5.02 Å². The lowest BCUT2D eigenvalue weighted by Crippen LogP contribution is -2.44. The van der Waals surface area contributed by atoms with Crippen LogP contribution in [0.3, 0.4) is 0 Å². The molecule has 110 valence electrons. The molecule has 1 aliphatic heterocycles. The van der Waals surface area contributed by atoms with E-state index in [1.54, 1.807) is 0 Å². The molecule has 0 unspecified atom stereocenters. The van der Waals surface area contributed by atoms with E-state index >= 15 is 0 Å². The highest BCUT2D eigenvalue weighted by atomic mass is 35.5. The van der Waals surface area contributed by atoms with Crippen molar-refractivity contribution in [3.8, 4) is 0 Å². The maximum atomic E-state index is 13.1. The minimum atomic E-state index is -0.778. The third kappa shape index (κ3) is 1.85. The van der Waals surface area contributed by atoms with Gasteiger partial charge in [0, 0.05) is 16.5 Å². The molecule has 0 N–H and O–H groups in total. The van der Waals surface area contributed by atoms with Gasteiger partial charge in [-0.3, -0.25) is 4.79 Å². The molecule has 4 heteroatoms. The second-order valence-electron chi connectivity index (χ2n) is 5.91. The molecule has 0 bridgehead atoms. The lowest BCUT2D eigenvalue weighted by atomic mass is 9.68. The number of hydrogen-bond acceptors (Lipinski definition) is 3. The van der Waals surface area contributed by atoms with E-state index in [0.717, 1.165) is 23.1 Å². The van der Waals surface area contributed by atoms with Gasteiger partial charge in [-0.1, -0.05) is 54.1 Å². The van der Waals surface area contributed by atoms with E-state index in [1.807, 2.05) is 48.5 Å². The minimum Gasteiger partial charge on any atom is -0.291 e. The predicted molar refractivity (Wildman–Crippen MR) is 85.7 cm³/mol. The molecular formula is C18H15ClN2O. The Bertz CT molecular complexity index is 786. The lowest BCUT2D eigenvalue weighted by molar-refractivity contribution is 0.0853. The van der Waals surface area contributed by atoms with Gasteiger partial charge in [-0.2, -0.15) is 10.2 Å². The van der Waals surface area contributed by atoms with Gasteiger partial charge < -0.3 is 0 Å². The number of azo groups is 1. The molecule has 1 heterocycles. The van der Waals surface area contributed by atoms with Crippen LogP contribution in [-0.2, 0) is 6.42 Å². The van der Waals surface area contributed by atoms with Gasteiger partial charge >= 0.3 is 0 Å². The highest BCUT2D eigenvalue weighted by molar-refractivity contribution is 6.31. The van der Waals surface area contributed by atoms with Crippen LogP contribution in [0.15, 0.2) is 58.8 Å². The molecule has 0 saturated carbocycles. The van der Waals surface area contributed by atoms with Gasteiger partial charge in [0.2, 0.25) is 0 Å².